The maximum absolute atomic E-state index is 12.3. The van der Waals surface area contributed by atoms with E-state index < -0.39 is 23.4 Å². The number of benzene rings is 2. The van der Waals surface area contributed by atoms with E-state index in [-0.39, 0.29) is 35.7 Å². The Balaban J connectivity index is 1.45. The Labute approximate surface area is 178 Å². The summed E-state index contributed by atoms with van der Waals surface area (Å²) in [6.07, 6.45) is 2.95. The number of aryl methyl sites for hydroxylation is 2. The summed E-state index contributed by atoms with van der Waals surface area (Å²) in [6, 6.07) is 9.35. The summed E-state index contributed by atoms with van der Waals surface area (Å²) < 4.78 is 9.95. The summed E-state index contributed by atoms with van der Waals surface area (Å²) in [7, 11) is 1.31. The molecule has 2 aromatic rings. The third-order valence-corrected chi connectivity index (χ3v) is 5.01. The first-order chi connectivity index (χ1) is 14.9. The number of carbonyl (C=O) groups is 3. The van der Waals surface area contributed by atoms with Gasteiger partial charge in [-0.2, -0.15) is 0 Å². The van der Waals surface area contributed by atoms with Crippen molar-refractivity contribution in [3.05, 3.63) is 63.2 Å². The average molecular weight is 426 g/mol. The van der Waals surface area contributed by atoms with Gasteiger partial charge in [0.05, 0.1) is 30.2 Å². The highest BCUT2D eigenvalue weighted by Crippen LogP contribution is 2.29. The van der Waals surface area contributed by atoms with Gasteiger partial charge in [-0.1, -0.05) is 12.1 Å². The summed E-state index contributed by atoms with van der Waals surface area (Å²) in [4.78, 5) is 46.5. The molecule has 9 nitrogen and oxygen atoms in total. The molecule has 2 aromatic carbocycles. The number of amides is 1. The number of nitrogens with zero attached hydrogens (tertiary/aromatic N) is 1. The predicted molar refractivity (Wildman–Crippen MR) is 111 cm³/mol. The molecule has 0 bridgehead atoms. The molecule has 0 spiro atoms. The molecule has 0 saturated heterocycles. The molecular formula is C22H22N2O7. The Kier molecular flexibility index (Phi) is 6.96. The molecule has 0 fully saturated rings. The maximum Gasteiger partial charge on any atom is 0.306 e. The summed E-state index contributed by atoms with van der Waals surface area (Å²) >= 11 is 0. The molecule has 0 radical (unpaired) electrons. The second-order valence-electron chi connectivity index (χ2n) is 7.11. The van der Waals surface area contributed by atoms with Gasteiger partial charge in [0.2, 0.25) is 0 Å². The van der Waals surface area contributed by atoms with Crippen LogP contribution in [0.15, 0.2) is 36.4 Å². The number of Topliss-reactive ketones (excluding diaryl/α,β-unsaturated/α-hetero) is 1. The van der Waals surface area contributed by atoms with E-state index in [2.05, 4.69) is 5.32 Å². The van der Waals surface area contributed by atoms with Crippen molar-refractivity contribution in [2.45, 2.75) is 32.1 Å². The molecule has 0 unspecified atom stereocenters. The molecule has 1 aliphatic carbocycles. The van der Waals surface area contributed by atoms with Crippen LogP contribution < -0.4 is 10.1 Å². The minimum absolute atomic E-state index is 0.00455. The third kappa shape index (κ3) is 5.65. The number of fused-ring (bicyclic) bond motifs is 1. The Hall–Kier alpha value is -3.75. The number of esters is 1. The third-order valence-electron chi connectivity index (χ3n) is 5.01. The minimum atomic E-state index is -0.666. The van der Waals surface area contributed by atoms with Crippen molar-refractivity contribution in [3.8, 4) is 5.75 Å². The summed E-state index contributed by atoms with van der Waals surface area (Å²) in [5.74, 6) is -1.34. The maximum atomic E-state index is 12.3. The van der Waals surface area contributed by atoms with Gasteiger partial charge < -0.3 is 14.8 Å². The largest absolute Gasteiger partial charge is 0.494 e. The standard InChI is InChI=1S/C22H22N2O7/c1-30-20-12-17(24(28)29)7-8-18(20)23-21(26)13-31-22(27)10-9-19(25)16-6-5-14-3-2-4-15(14)11-16/h5-8,11-12H,2-4,9-10,13H2,1H3,(H,23,26). The van der Waals surface area contributed by atoms with E-state index in [1.165, 1.54) is 36.4 Å². The Bertz CT molecular complexity index is 1030. The molecule has 1 aliphatic rings. The highest BCUT2D eigenvalue weighted by molar-refractivity contribution is 5.98. The quantitative estimate of drug-likeness (QED) is 0.282. The summed E-state index contributed by atoms with van der Waals surface area (Å²) in [5.41, 5.74) is 3.06. The van der Waals surface area contributed by atoms with Gasteiger partial charge in [-0.05, 0) is 42.5 Å². The number of hydrogen-bond acceptors (Lipinski definition) is 7. The van der Waals surface area contributed by atoms with Crippen molar-refractivity contribution in [1.29, 1.82) is 0 Å². The molecule has 0 aromatic heterocycles. The molecule has 0 heterocycles. The number of ether oxygens (including phenoxy) is 2. The second-order valence-corrected chi connectivity index (χ2v) is 7.11. The zero-order valence-corrected chi connectivity index (χ0v) is 17.0. The first-order valence-corrected chi connectivity index (χ1v) is 9.80. The van der Waals surface area contributed by atoms with Crippen molar-refractivity contribution in [3.63, 3.8) is 0 Å². The lowest BCUT2D eigenvalue weighted by atomic mass is 10.0. The van der Waals surface area contributed by atoms with Crippen LogP contribution in [-0.2, 0) is 27.2 Å². The van der Waals surface area contributed by atoms with E-state index in [1.807, 2.05) is 12.1 Å². The van der Waals surface area contributed by atoms with Crippen LogP contribution in [-0.4, -0.2) is 36.3 Å². The SMILES string of the molecule is COc1cc([N+](=O)[O-])ccc1NC(=O)COC(=O)CCC(=O)c1ccc2c(c1)CCC2. The van der Waals surface area contributed by atoms with Crippen LogP contribution in [0.4, 0.5) is 11.4 Å². The lowest BCUT2D eigenvalue weighted by molar-refractivity contribution is -0.384. The molecule has 0 saturated carbocycles. The highest BCUT2D eigenvalue weighted by atomic mass is 16.6. The number of rotatable bonds is 9. The minimum Gasteiger partial charge on any atom is -0.494 e. The summed E-state index contributed by atoms with van der Waals surface area (Å²) in [6.45, 7) is -0.550. The van der Waals surface area contributed by atoms with Gasteiger partial charge in [0.15, 0.2) is 12.4 Å². The van der Waals surface area contributed by atoms with Gasteiger partial charge in [0, 0.05) is 18.1 Å². The number of nitro groups is 1. The van der Waals surface area contributed by atoms with Crippen molar-refractivity contribution < 1.29 is 28.8 Å². The van der Waals surface area contributed by atoms with E-state index >= 15 is 0 Å². The van der Waals surface area contributed by atoms with Crippen molar-refractivity contribution >= 4 is 29.0 Å². The number of nitrogens with one attached hydrogen (secondary N) is 1. The van der Waals surface area contributed by atoms with Gasteiger partial charge in [0.1, 0.15) is 5.75 Å². The lowest BCUT2D eigenvalue weighted by Gasteiger charge is -2.10. The summed E-state index contributed by atoms with van der Waals surface area (Å²) in [5, 5.41) is 13.3. The van der Waals surface area contributed by atoms with Crippen molar-refractivity contribution in [2.24, 2.45) is 0 Å². The highest BCUT2D eigenvalue weighted by Gasteiger charge is 2.17. The molecule has 0 aliphatic heterocycles. The first-order valence-electron chi connectivity index (χ1n) is 9.80. The van der Waals surface area contributed by atoms with Crippen LogP contribution in [0.3, 0.4) is 0 Å². The monoisotopic (exact) mass is 426 g/mol. The molecule has 31 heavy (non-hydrogen) atoms. The number of non-ortho nitro benzene ring substituents is 1. The molecule has 1 amide bonds. The fourth-order valence-electron chi connectivity index (χ4n) is 3.41. The Morgan fingerprint density at radius 1 is 1.06 bits per heavy atom. The van der Waals surface area contributed by atoms with Gasteiger partial charge in [-0.25, -0.2) is 0 Å². The van der Waals surface area contributed by atoms with Gasteiger partial charge in [-0.15, -0.1) is 0 Å². The number of methoxy groups -OCH3 is 1. The number of carbonyl (C=O) groups excluding carboxylic acids is 3. The molecule has 0 atom stereocenters. The number of hydrogen-bond donors (Lipinski definition) is 1. The second kappa shape index (κ2) is 9.84. The van der Waals surface area contributed by atoms with E-state index in [1.54, 1.807) is 6.07 Å². The normalized spacial score (nSPS) is 12.0. The van der Waals surface area contributed by atoms with Crippen LogP contribution in [0.25, 0.3) is 0 Å². The molecule has 1 N–H and O–H groups in total. The van der Waals surface area contributed by atoms with Gasteiger partial charge >= 0.3 is 5.97 Å². The Morgan fingerprint density at radius 2 is 1.84 bits per heavy atom. The number of nitro benzene ring substituents is 1. The molecule has 9 heteroatoms. The van der Waals surface area contributed by atoms with E-state index in [0.29, 0.717) is 5.56 Å². The fourth-order valence-corrected chi connectivity index (χ4v) is 3.41. The van der Waals surface area contributed by atoms with Gasteiger partial charge in [-0.3, -0.25) is 24.5 Å². The fraction of sp³-hybridized carbons (Fsp3) is 0.318. The van der Waals surface area contributed by atoms with Crippen LogP contribution in [0.2, 0.25) is 0 Å². The average Bonchev–Trinajstić information content (AvgIpc) is 3.24. The molecular weight excluding hydrogens is 404 g/mol. The van der Waals surface area contributed by atoms with Crippen LogP contribution in [0, 0.1) is 10.1 Å². The van der Waals surface area contributed by atoms with Crippen molar-refractivity contribution in [2.75, 3.05) is 19.0 Å². The van der Waals surface area contributed by atoms with Crippen LogP contribution in [0.5, 0.6) is 5.75 Å². The lowest BCUT2D eigenvalue weighted by Crippen LogP contribution is -2.21. The van der Waals surface area contributed by atoms with Crippen LogP contribution >= 0.6 is 0 Å². The van der Waals surface area contributed by atoms with Crippen LogP contribution in [0.1, 0.15) is 40.7 Å². The first kappa shape index (κ1) is 21.9. The van der Waals surface area contributed by atoms with E-state index in [4.69, 9.17) is 9.47 Å². The number of anilines is 1. The topological polar surface area (TPSA) is 125 Å². The number of ketones is 1. The smallest absolute Gasteiger partial charge is 0.306 e. The molecule has 3 rings (SSSR count). The Morgan fingerprint density at radius 3 is 2.58 bits per heavy atom. The van der Waals surface area contributed by atoms with E-state index in [9.17, 15) is 24.5 Å². The van der Waals surface area contributed by atoms with E-state index in [0.717, 1.165) is 19.3 Å². The van der Waals surface area contributed by atoms with Crippen molar-refractivity contribution in [1.82, 2.24) is 0 Å². The molecule has 162 valence electrons. The van der Waals surface area contributed by atoms with Gasteiger partial charge in [0.25, 0.3) is 11.6 Å². The zero-order chi connectivity index (χ0) is 22.4. The predicted octanol–water partition coefficient (Wildman–Crippen LogP) is 3.24. The zero-order valence-electron chi connectivity index (χ0n) is 17.0.